The van der Waals surface area contributed by atoms with Gasteiger partial charge in [-0.15, -0.1) is 0 Å². The Labute approximate surface area is 148 Å². The number of carbonyl (C=O) groups is 1. The zero-order valence-electron chi connectivity index (χ0n) is 13.0. The Hall–Kier alpha value is -3.37. The lowest BCUT2D eigenvalue weighted by atomic mass is 10.1. The molecule has 2 aromatic carbocycles. The summed E-state index contributed by atoms with van der Waals surface area (Å²) in [5.74, 6) is -0.243. The minimum Gasteiger partial charge on any atom is -0.496 e. The van der Waals surface area contributed by atoms with Gasteiger partial charge in [-0.2, -0.15) is 5.26 Å². The van der Waals surface area contributed by atoms with Gasteiger partial charge in [0.2, 0.25) is 0 Å². The Kier molecular flexibility index (Phi) is 5.71. The second kappa shape index (κ2) is 7.95. The highest BCUT2D eigenvalue weighted by Crippen LogP contribution is 2.27. The molecule has 0 radical (unpaired) electrons. The van der Waals surface area contributed by atoms with Gasteiger partial charge in [0.25, 0.3) is 11.6 Å². The first kappa shape index (κ1) is 18.0. The van der Waals surface area contributed by atoms with Crippen LogP contribution < -0.4 is 10.1 Å². The first-order valence-electron chi connectivity index (χ1n) is 6.96. The van der Waals surface area contributed by atoms with Crippen LogP contribution in [0.4, 0.5) is 11.4 Å². The fourth-order valence-electron chi connectivity index (χ4n) is 2.00. The van der Waals surface area contributed by atoms with Gasteiger partial charge in [0, 0.05) is 17.7 Å². The van der Waals surface area contributed by atoms with Gasteiger partial charge in [0.1, 0.15) is 17.4 Å². The Morgan fingerprint density at radius 3 is 2.72 bits per heavy atom. The molecule has 2 aromatic rings. The summed E-state index contributed by atoms with van der Waals surface area (Å²) >= 11 is 5.94. The average molecular weight is 358 g/mol. The molecule has 7 nitrogen and oxygen atoms in total. The average Bonchev–Trinajstić information content (AvgIpc) is 2.61. The SMILES string of the molecule is COc1ccccc1/C=C(\C#N)C(=O)Nc1cc([N+](=O)[O-])ccc1Cl. The summed E-state index contributed by atoms with van der Waals surface area (Å²) in [6.45, 7) is 0. The summed E-state index contributed by atoms with van der Waals surface area (Å²) in [7, 11) is 1.47. The van der Waals surface area contributed by atoms with Crippen LogP contribution in [-0.2, 0) is 4.79 Å². The normalized spacial score (nSPS) is 10.7. The number of carbonyl (C=O) groups excluding carboxylic acids is 1. The number of hydrogen-bond acceptors (Lipinski definition) is 5. The maximum absolute atomic E-state index is 12.3. The topological polar surface area (TPSA) is 105 Å². The molecule has 0 unspecified atom stereocenters. The van der Waals surface area contributed by atoms with Crippen molar-refractivity contribution >= 4 is 35.0 Å². The summed E-state index contributed by atoms with van der Waals surface area (Å²) in [6, 6.07) is 12.3. The molecule has 0 aromatic heterocycles. The molecule has 0 saturated carbocycles. The van der Waals surface area contributed by atoms with E-state index in [4.69, 9.17) is 16.3 Å². The molecule has 0 bridgehead atoms. The number of anilines is 1. The molecule has 0 aliphatic heterocycles. The van der Waals surface area contributed by atoms with Crippen molar-refractivity contribution in [3.8, 4) is 11.8 Å². The van der Waals surface area contributed by atoms with Crippen LogP contribution in [0.3, 0.4) is 0 Å². The van der Waals surface area contributed by atoms with E-state index in [1.54, 1.807) is 30.3 Å². The minimum absolute atomic E-state index is 0.0436. The molecule has 0 atom stereocenters. The van der Waals surface area contributed by atoms with Gasteiger partial charge in [-0.05, 0) is 18.2 Å². The Morgan fingerprint density at radius 2 is 2.08 bits per heavy atom. The van der Waals surface area contributed by atoms with Crippen LogP contribution in [0.15, 0.2) is 48.0 Å². The van der Waals surface area contributed by atoms with E-state index in [1.165, 1.54) is 25.3 Å². The maximum atomic E-state index is 12.3. The standard InChI is InChI=1S/C17H12ClN3O4/c1-25-16-5-3-2-4-11(16)8-12(10-19)17(22)20-15-9-13(21(23)24)6-7-14(15)18/h2-9H,1H3,(H,20,22)/b12-8+. The molecule has 0 spiro atoms. The van der Waals surface area contributed by atoms with Crippen molar-refractivity contribution in [1.82, 2.24) is 0 Å². The van der Waals surface area contributed by atoms with Gasteiger partial charge in [-0.1, -0.05) is 29.8 Å². The number of halogens is 1. The number of benzene rings is 2. The molecule has 1 amide bonds. The van der Waals surface area contributed by atoms with Gasteiger partial charge in [0.05, 0.1) is 22.7 Å². The van der Waals surface area contributed by atoms with Gasteiger partial charge in [-0.25, -0.2) is 0 Å². The molecule has 126 valence electrons. The lowest BCUT2D eigenvalue weighted by Crippen LogP contribution is -2.14. The first-order chi connectivity index (χ1) is 12.0. The molecule has 0 fully saturated rings. The van der Waals surface area contributed by atoms with E-state index in [0.29, 0.717) is 11.3 Å². The molecule has 1 N–H and O–H groups in total. The fourth-order valence-corrected chi connectivity index (χ4v) is 2.17. The van der Waals surface area contributed by atoms with Gasteiger partial charge < -0.3 is 10.1 Å². The van der Waals surface area contributed by atoms with Crippen molar-refractivity contribution in [3.05, 3.63) is 68.7 Å². The Balaban J connectivity index is 2.33. The molecular formula is C17H12ClN3O4. The highest BCUT2D eigenvalue weighted by molar-refractivity contribution is 6.34. The summed E-state index contributed by atoms with van der Waals surface area (Å²) in [5.41, 5.74) is 0.155. The highest BCUT2D eigenvalue weighted by atomic mass is 35.5. The van der Waals surface area contributed by atoms with Crippen LogP contribution in [0.1, 0.15) is 5.56 Å². The number of hydrogen-bond donors (Lipinski definition) is 1. The van der Waals surface area contributed by atoms with E-state index < -0.39 is 10.8 Å². The highest BCUT2D eigenvalue weighted by Gasteiger charge is 2.15. The third-order valence-corrected chi connectivity index (χ3v) is 3.54. The number of nitro benzene ring substituents is 1. The number of non-ortho nitro benzene ring substituents is 1. The van der Waals surface area contributed by atoms with Crippen LogP contribution in [-0.4, -0.2) is 17.9 Å². The molecule has 0 aliphatic rings. The number of para-hydroxylation sites is 1. The van der Waals surface area contributed by atoms with Crippen molar-refractivity contribution in [2.75, 3.05) is 12.4 Å². The number of methoxy groups -OCH3 is 1. The number of nitrogens with zero attached hydrogens (tertiary/aromatic N) is 2. The number of rotatable bonds is 5. The number of nitriles is 1. The number of amides is 1. The number of ether oxygens (including phenoxy) is 1. The molecule has 8 heteroatoms. The predicted octanol–water partition coefficient (Wildman–Crippen LogP) is 3.80. The van der Waals surface area contributed by atoms with Crippen molar-refractivity contribution in [1.29, 1.82) is 5.26 Å². The molecule has 25 heavy (non-hydrogen) atoms. The third kappa shape index (κ3) is 4.34. The zero-order valence-corrected chi connectivity index (χ0v) is 13.8. The first-order valence-corrected chi connectivity index (χ1v) is 7.34. The van der Waals surface area contributed by atoms with Gasteiger partial charge >= 0.3 is 0 Å². The molecular weight excluding hydrogens is 346 g/mol. The van der Waals surface area contributed by atoms with Crippen molar-refractivity contribution in [3.63, 3.8) is 0 Å². The second-order valence-electron chi connectivity index (χ2n) is 4.79. The molecule has 2 rings (SSSR count). The quantitative estimate of drug-likeness (QED) is 0.379. The van der Waals surface area contributed by atoms with Crippen LogP contribution in [0.5, 0.6) is 5.75 Å². The van der Waals surface area contributed by atoms with Gasteiger partial charge in [0.15, 0.2) is 0 Å². The van der Waals surface area contributed by atoms with E-state index in [1.807, 2.05) is 0 Å². The summed E-state index contributed by atoms with van der Waals surface area (Å²) < 4.78 is 5.17. The molecule has 0 heterocycles. The van der Waals surface area contributed by atoms with Crippen LogP contribution in [0, 0.1) is 21.4 Å². The third-order valence-electron chi connectivity index (χ3n) is 3.21. The van der Waals surface area contributed by atoms with Crippen LogP contribution in [0.25, 0.3) is 6.08 Å². The van der Waals surface area contributed by atoms with Crippen molar-refractivity contribution < 1.29 is 14.5 Å². The smallest absolute Gasteiger partial charge is 0.271 e. The Morgan fingerprint density at radius 1 is 1.36 bits per heavy atom. The molecule has 0 saturated heterocycles. The van der Waals surface area contributed by atoms with Crippen LogP contribution >= 0.6 is 11.6 Å². The van der Waals surface area contributed by atoms with E-state index in [0.717, 1.165) is 6.07 Å². The lowest BCUT2D eigenvalue weighted by Gasteiger charge is -2.07. The monoisotopic (exact) mass is 357 g/mol. The predicted molar refractivity (Wildman–Crippen MR) is 93.3 cm³/mol. The van der Waals surface area contributed by atoms with E-state index >= 15 is 0 Å². The number of nitro groups is 1. The lowest BCUT2D eigenvalue weighted by molar-refractivity contribution is -0.384. The minimum atomic E-state index is -0.740. The summed E-state index contributed by atoms with van der Waals surface area (Å²) in [5, 5.41) is 22.6. The van der Waals surface area contributed by atoms with Crippen LogP contribution in [0.2, 0.25) is 5.02 Å². The van der Waals surface area contributed by atoms with Crippen molar-refractivity contribution in [2.45, 2.75) is 0 Å². The number of nitrogens with one attached hydrogen (secondary N) is 1. The largest absolute Gasteiger partial charge is 0.496 e. The van der Waals surface area contributed by atoms with Crippen molar-refractivity contribution in [2.24, 2.45) is 0 Å². The zero-order chi connectivity index (χ0) is 18.4. The van der Waals surface area contributed by atoms with E-state index in [9.17, 15) is 20.2 Å². The van der Waals surface area contributed by atoms with E-state index in [2.05, 4.69) is 5.32 Å². The summed E-state index contributed by atoms with van der Waals surface area (Å²) in [6.07, 6.45) is 1.36. The maximum Gasteiger partial charge on any atom is 0.271 e. The Bertz CT molecular complexity index is 903. The van der Waals surface area contributed by atoms with Gasteiger partial charge in [-0.3, -0.25) is 14.9 Å². The van der Waals surface area contributed by atoms with E-state index in [-0.39, 0.29) is 22.0 Å². The second-order valence-corrected chi connectivity index (χ2v) is 5.19. The molecule has 0 aliphatic carbocycles. The summed E-state index contributed by atoms with van der Waals surface area (Å²) in [4.78, 5) is 22.5. The fraction of sp³-hybridized carbons (Fsp3) is 0.0588.